The molecule has 1 aliphatic heterocycles. The molecule has 1 fully saturated rings. The van der Waals surface area contributed by atoms with Crippen molar-refractivity contribution in [2.45, 2.75) is 6.92 Å². The highest BCUT2D eigenvalue weighted by molar-refractivity contribution is 5.78. The van der Waals surface area contributed by atoms with Crippen LogP contribution in [0.1, 0.15) is 6.92 Å². The summed E-state index contributed by atoms with van der Waals surface area (Å²) < 4.78 is 5.11. The Hall–Kier alpha value is -1.40. The maximum Gasteiger partial charge on any atom is 0.248 e. The van der Waals surface area contributed by atoms with E-state index in [-0.39, 0.29) is 18.4 Å². The molecule has 0 spiro atoms. The summed E-state index contributed by atoms with van der Waals surface area (Å²) in [6, 6.07) is 0. The molecule has 2 amide bonds. The second kappa shape index (κ2) is 8.66. The molecule has 0 saturated carbocycles. The Balaban J connectivity index is 2.23. The van der Waals surface area contributed by atoms with Crippen LogP contribution < -0.4 is 5.32 Å². The van der Waals surface area contributed by atoms with E-state index in [1.54, 1.807) is 11.0 Å². The molecular formula is C13H23N3O3. The number of hydrogen-bond acceptors (Lipinski definition) is 4. The first-order valence-electron chi connectivity index (χ1n) is 6.62. The van der Waals surface area contributed by atoms with Crippen LogP contribution in [0.5, 0.6) is 0 Å². The summed E-state index contributed by atoms with van der Waals surface area (Å²) in [5.41, 5.74) is 0. The second-order valence-corrected chi connectivity index (χ2v) is 4.39. The summed E-state index contributed by atoms with van der Waals surface area (Å²) in [5.74, 6) is 0.0200. The minimum Gasteiger partial charge on any atom is -0.372 e. The lowest BCUT2D eigenvalue weighted by Gasteiger charge is -2.34. The highest BCUT2D eigenvalue weighted by atomic mass is 16.5. The summed E-state index contributed by atoms with van der Waals surface area (Å²) in [5, 5.41) is 2.74. The van der Waals surface area contributed by atoms with Crippen molar-refractivity contribution < 1.29 is 14.3 Å². The van der Waals surface area contributed by atoms with Crippen LogP contribution in [0.15, 0.2) is 12.7 Å². The van der Waals surface area contributed by atoms with E-state index < -0.39 is 0 Å². The van der Waals surface area contributed by atoms with Gasteiger partial charge in [-0.25, -0.2) is 0 Å². The van der Waals surface area contributed by atoms with E-state index in [2.05, 4.69) is 11.9 Å². The molecule has 1 heterocycles. The number of carbonyl (C=O) groups is 2. The summed E-state index contributed by atoms with van der Waals surface area (Å²) in [4.78, 5) is 27.1. The van der Waals surface area contributed by atoms with Crippen LogP contribution >= 0.6 is 0 Å². The Labute approximate surface area is 114 Å². The molecule has 0 unspecified atom stereocenters. The van der Waals surface area contributed by atoms with Crippen LogP contribution in [0.4, 0.5) is 0 Å². The van der Waals surface area contributed by atoms with Gasteiger partial charge >= 0.3 is 0 Å². The molecule has 0 aromatic heterocycles. The van der Waals surface area contributed by atoms with Crippen molar-refractivity contribution in [1.82, 2.24) is 15.1 Å². The van der Waals surface area contributed by atoms with E-state index >= 15 is 0 Å². The molecule has 0 aliphatic carbocycles. The smallest absolute Gasteiger partial charge is 0.248 e. The average molecular weight is 269 g/mol. The normalized spacial score (nSPS) is 16.2. The second-order valence-electron chi connectivity index (χ2n) is 4.39. The summed E-state index contributed by atoms with van der Waals surface area (Å²) in [6.07, 6.45) is 1.65. The fraction of sp³-hybridized carbons (Fsp3) is 0.692. The van der Waals surface area contributed by atoms with Crippen LogP contribution in [0, 0.1) is 0 Å². The van der Waals surface area contributed by atoms with Gasteiger partial charge in [-0.15, -0.1) is 6.58 Å². The van der Waals surface area contributed by atoms with Gasteiger partial charge in [0.1, 0.15) is 6.61 Å². The molecule has 0 atom stereocenters. The third-order valence-electron chi connectivity index (χ3n) is 2.97. The van der Waals surface area contributed by atoms with Gasteiger partial charge in [0, 0.05) is 39.3 Å². The monoisotopic (exact) mass is 269 g/mol. The van der Waals surface area contributed by atoms with E-state index in [1.807, 2.05) is 11.8 Å². The van der Waals surface area contributed by atoms with E-state index in [9.17, 15) is 9.59 Å². The van der Waals surface area contributed by atoms with Crippen LogP contribution in [-0.2, 0) is 14.3 Å². The van der Waals surface area contributed by atoms with E-state index in [0.717, 1.165) is 13.1 Å². The SMILES string of the molecule is C=CCNC(=O)CN1CCN(C(=O)COCC)CC1. The fourth-order valence-corrected chi connectivity index (χ4v) is 1.88. The third kappa shape index (κ3) is 5.85. The Morgan fingerprint density at radius 3 is 2.58 bits per heavy atom. The lowest BCUT2D eigenvalue weighted by Crippen LogP contribution is -2.51. The van der Waals surface area contributed by atoms with Gasteiger partial charge in [-0.05, 0) is 6.92 Å². The van der Waals surface area contributed by atoms with Crippen molar-refractivity contribution in [2.24, 2.45) is 0 Å². The van der Waals surface area contributed by atoms with Gasteiger partial charge in [0.2, 0.25) is 11.8 Å². The van der Waals surface area contributed by atoms with Gasteiger partial charge in [0.25, 0.3) is 0 Å². The van der Waals surface area contributed by atoms with Crippen LogP contribution in [0.3, 0.4) is 0 Å². The highest BCUT2D eigenvalue weighted by Crippen LogP contribution is 2.02. The maximum atomic E-state index is 11.7. The Kier molecular flexibility index (Phi) is 7.14. The molecule has 0 aromatic rings. The predicted octanol–water partition coefficient (Wildman–Crippen LogP) is -0.531. The Bertz CT molecular complexity index is 312. The molecule has 6 heteroatoms. The van der Waals surface area contributed by atoms with Crippen molar-refractivity contribution >= 4 is 11.8 Å². The van der Waals surface area contributed by atoms with E-state index in [0.29, 0.717) is 32.8 Å². The van der Waals surface area contributed by atoms with Crippen molar-refractivity contribution in [3.63, 3.8) is 0 Å². The van der Waals surface area contributed by atoms with Gasteiger partial charge in [0.05, 0.1) is 6.54 Å². The van der Waals surface area contributed by atoms with Crippen molar-refractivity contribution in [2.75, 3.05) is 52.5 Å². The Morgan fingerprint density at radius 1 is 1.32 bits per heavy atom. The van der Waals surface area contributed by atoms with Gasteiger partial charge < -0.3 is 15.0 Å². The zero-order valence-corrected chi connectivity index (χ0v) is 11.6. The molecule has 1 aliphatic rings. The molecule has 0 bridgehead atoms. The van der Waals surface area contributed by atoms with Crippen molar-refractivity contribution in [1.29, 1.82) is 0 Å². The average Bonchev–Trinajstić information content (AvgIpc) is 2.43. The Morgan fingerprint density at radius 2 is 2.00 bits per heavy atom. The first kappa shape index (κ1) is 15.7. The topological polar surface area (TPSA) is 61.9 Å². The first-order valence-corrected chi connectivity index (χ1v) is 6.62. The molecule has 6 nitrogen and oxygen atoms in total. The summed E-state index contributed by atoms with van der Waals surface area (Å²) in [6.45, 7) is 9.74. The minimum atomic E-state index is -0.00556. The largest absolute Gasteiger partial charge is 0.372 e. The lowest BCUT2D eigenvalue weighted by atomic mass is 10.3. The zero-order valence-electron chi connectivity index (χ0n) is 11.6. The maximum absolute atomic E-state index is 11.7. The molecule has 0 aromatic carbocycles. The standard InChI is InChI=1S/C13H23N3O3/c1-3-5-14-12(17)10-15-6-8-16(9-7-15)13(18)11-19-4-2/h3H,1,4-11H2,2H3,(H,14,17). The third-order valence-corrected chi connectivity index (χ3v) is 2.97. The molecule has 1 N–H and O–H groups in total. The summed E-state index contributed by atoms with van der Waals surface area (Å²) in [7, 11) is 0. The van der Waals surface area contributed by atoms with Crippen molar-refractivity contribution in [3.8, 4) is 0 Å². The number of piperazine rings is 1. The molecule has 1 saturated heterocycles. The van der Waals surface area contributed by atoms with Crippen LogP contribution in [-0.4, -0.2) is 74.1 Å². The molecule has 108 valence electrons. The number of nitrogens with one attached hydrogen (secondary N) is 1. The molecule has 1 rings (SSSR count). The quantitative estimate of drug-likeness (QED) is 0.631. The predicted molar refractivity (Wildman–Crippen MR) is 72.7 cm³/mol. The van der Waals surface area contributed by atoms with Gasteiger partial charge in [-0.2, -0.15) is 0 Å². The minimum absolute atomic E-state index is 0.00556. The molecular weight excluding hydrogens is 246 g/mol. The lowest BCUT2D eigenvalue weighted by molar-refractivity contribution is -0.137. The number of carbonyl (C=O) groups excluding carboxylic acids is 2. The van der Waals surface area contributed by atoms with Gasteiger partial charge in [0.15, 0.2) is 0 Å². The summed E-state index contributed by atoms with van der Waals surface area (Å²) >= 11 is 0. The number of amides is 2. The molecule has 0 radical (unpaired) electrons. The highest BCUT2D eigenvalue weighted by Gasteiger charge is 2.21. The number of rotatable bonds is 7. The zero-order chi connectivity index (χ0) is 14.1. The number of ether oxygens (including phenoxy) is 1. The van der Waals surface area contributed by atoms with Gasteiger partial charge in [-0.1, -0.05) is 6.08 Å². The fourth-order valence-electron chi connectivity index (χ4n) is 1.88. The number of nitrogens with zero attached hydrogens (tertiary/aromatic N) is 2. The van der Waals surface area contributed by atoms with Gasteiger partial charge in [-0.3, -0.25) is 14.5 Å². The number of hydrogen-bond donors (Lipinski definition) is 1. The molecule has 19 heavy (non-hydrogen) atoms. The van der Waals surface area contributed by atoms with E-state index in [4.69, 9.17) is 4.74 Å². The van der Waals surface area contributed by atoms with Crippen molar-refractivity contribution in [3.05, 3.63) is 12.7 Å². The van der Waals surface area contributed by atoms with E-state index in [1.165, 1.54) is 0 Å². The first-order chi connectivity index (χ1) is 9.17. The van der Waals surface area contributed by atoms with Crippen LogP contribution in [0.25, 0.3) is 0 Å². The van der Waals surface area contributed by atoms with Crippen LogP contribution in [0.2, 0.25) is 0 Å².